The van der Waals surface area contributed by atoms with Crippen molar-refractivity contribution in [2.75, 3.05) is 6.26 Å². The van der Waals surface area contributed by atoms with Gasteiger partial charge in [-0.2, -0.15) is 0 Å². The lowest BCUT2D eigenvalue weighted by Gasteiger charge is -2.56. The minimum atomic E-state index is 0.00813. The third-order valence-corrected chi connectivity index (χ3v) is 8.85. The van der Waals surface area contributed by atoms with Gasteiger partial charge >= 0.3 is 0 Å². The lowest BCUT2D eigenvalue weighted by atomic mass is 9.48. The zero-order valence-electron chi connectivity index (χ0n) is 13.1. The van der Waals surface area contributed by atoms with E-state index in [0.29, 0.717) is 5.78 Å². The average Bonchev–Trinajstić information content (AvgIpc) is 2.92. The van der Waals surface area contributed by atoms with Crippen LogP contribution in [-0.4, -0.2) is 27.5 Å². The standard InChI is InChI=1S/C16H22N2OS3/c1-9(21-15-18-17-14(20-2)22-15)13(19)16-6-10-3-11(7-16)5-12(4-10)8-16/h9-12H,3-8H2,1-2H3/t9-,10?,11?,12?,16?/m1/s1. The molecular weight excluding hydrogens is 332 g/mol. The summed E-state index contributed by atoms with van der Waals surface area (Å²) < 4.78 is 1.92. The lowest BCUT2D eigenvalue weighted by Crippen LogP contribution is -2.51. The summed E-state index contributed by atoms with van der Waals surface area (Å²) in [6.45, 7) is 2.08. The van der Waals surface area contributed by atoms with Gasteiger partial charge in [0.05, 0.1) is 5.25 Å². The molecule has 120 valence electrons. The minimum Gasteiger partial charge on any atom is -0.298 e. The first-order chi connectivity index (χ1) is 10.6. The molecule has 0 radical (unpaired) electrons. The van der Waals surface area contributed by atoms with Gasteiger partial charge in [-0.1, -0.05) is 34.9 Å². The van der Waals surface area contributed by atoms with Crippen LogP contribution in [0.4, 0.5) is 0 Å². The Balaban J connectivity index is 1.48. The highest BCUT2D eigenvalue weighted by Crippen LogP contribution is 2.61. The second kappa shape index (κ2) is 5.78. The second-order valence-corrected chi connectivity index (χ2v) is 11.0. The zero-order chi connectivity index (χ0) is 15.3. The molecule has 0 amide bonds. The van der Waals surface area contributed by atoms with Gasteiger partial charge in [-0.3, -0.25) is 4.79 Å². The highest BCUT2D eigenvalue weighted by Gasteiger charge is 2.55. The molecule has 3 nitrogen and oxygen atoms in total. The number of ketones is 1. The second-order valence-electron chi connectivity index (χ2n) is 7.36. The van der Waals surface area contributed by atoms with E-state index in [9.17, 15) is 4.79 Å². The number of carbonyl (C=O) groups is 1. The van der Waals surface area contributed by atoms with Crippen LogP contribution >= 0.6 is 34.9 Å². The predicted molar refractivity (Wildman–Crippen MR) is 92.6 cm³/mol. The number of carbonyl (C=O) groups excluding carboxylic acids is 1. The van der Waals surface area contributed by atoms with Crippen LogP contribution in [0.3, 0.4) is 0 Å². The summed E-state index contributed by atoms with van der Waals surface area (Å²) in [5.41, 5.74) is 0.00813. The minimum absolute atomic E-state index is 0.00813. The molecule has 4 saturated carbocycles. The van der Waals surface area contributed by atoms with Gasteiger partial charge < -0.3 is 0 Å². The largest absolute Gasteiger partial charge is 0.298 e. The summed E-state index contributed by atoms with van der Waals surface area (Å²) in [6, 6.07) is 0. The molecular formula is C16H22N2OS3. The molecule has 1 atom stereocenters. The van der Waals surface area contributed by atoms with E-state index < -0.39 is 0 Å². The fourth-order valence-electron chi connectivity index (χ4n) is 5.38. The van der Waals surface area contributed by atoms with Crippen molar-refractivity contribution in [1.29, 1.82) is 0 Å². The van der Waals surface area contributed by atoms with E-state index in [1.165, 1.54) is 19.3 Å². The maximum Gasteiger partial charge on any atom is 0.175 e. The number of nitrogens with zero attached hydrogens (tertiary/aromatic N) is 2. The van der Waals surface area contributed by atoms with Crippen molar-refractivity contribution in [3.63, 3.8) is 0 Å². The van der Waals surface area contributed by atoms with E-state index in [0.717, 1.165) is 45.7 Å². The molecule has 1 aromatic heterocycles. The van der Waals surface area contributed by atoms with Crippen LogP contribution in [-0.2, 0) is 4.79 Å². The van der Waals surface area contributed by atoms with E-state index in [4.69, 9.17) is 0 Å². The highest BCUT2D eigenvalue weighted by molar-refractivity contribution is 8.03. The van der Waals surface area contributed by atoms with Gasteiger partial charge in [0.25, 0.3) is 0 Å². The summed E-state index contributed by atoms with van der Waals surface area (Å²) in [6.07, 6.45) is 9.67. The van der Waals surface area contributed by atoms with Gasteiger partial charge in [0.2, 0.25) is 0 Å². The van der Waals surface area contributed by atoms with Crippen molar-refractivity contribution in [3.05, 3.63) is 0 Å². The number of thioether (sulfide) groups is 2. The van der Waals surface area contributed by atoms with Crippen LogP contribution in [0, 0.1) is 23.2 Å². The first kappa shape index (κ1) is 15.5. The fraction of sp³-hybridized carbons (Fsp3) is 0.812. The Kier molecular flexibility index (Phi) is 4.06. The van der Waals surface area contributed by atoms with E-state index in [-0.39, 0.29) is 10.7 Å². The van der Waals surface area contributed by atoms with Gasteiger partial charge in [-0.15, -0.1) is 10.2 Å². The van der Waals surface area contributed by atoms with Gasteiger partial charge in [0.1, 0.15) is 0 Å². The van der Waals surface area contributed by atoms with Crippen LogP contribution in [0.15, 0.2) is 8.68 Å². The predicted octanol–water partition coefficient (Wildman–Crippen LogP) is 4.53. The molecule has 4 bridgehead atoms. The third-order valence-electron chi connectivity index (χ3n) is 5.77. The lowest BCUT2D eigenvalue weighted by molar-refractivity contribution is -0.142. The molecule has 0 N–H and O–H groups in total. The fourth-order valence-corrected chi connectivity index (χ4v) is 8.15. The summed E-state index contributed by atoms with van der Waals surface area (Å²) in [4.78, 5) is 13.2. The summed E-state index contributed by atoms with van der Waals surface area (Å²) >= 11 is 4.85. The Morgan fingerprint density at radius 2 is 1.68 bits per heavy atom. The molecule has 0 unspecified atom stereocenters. The molecule has 1 heterocycles. The molecule has 0 spiro atoms. The molecule has 1 aromatic rings. The van der Waals surface area contributed by atoms with Crippen molar-refractivity contribution in [2.45, 2.75) is 59.4 Å². The Morgan fingerprint density at radius 3 is 2.18 bits per heavy atom. The van der Waals surface area contributed by atoms with E-state index in [1.54, 1.807) is 34.9 Å². The summed E-state index contributed by atoms with van der Waals surface area (Å²) in [5.74, 6) is 2.99. The molecule has 5 rings (SSSR count). The van der Waals surface area contributed by atoms with Crippen LogP contribution in [0.1, 0.15) is 45.4 Å². The van der Waals surface area contributed by atoms with Gasteiger partial charge in [-0.05, 0) is 69.5 Å². The molecule has 6 heteroatoms. The van der Waals surface area contributed by atoms with Crippen molar-refractivity contribution in [1.82, 2.24) is 10.2 Å². The van der Waals surface area contributed by atoms with Crippen molar-refractivity contribution in [3.8, 4) is 0 Å². The van der Waals surface area contributed by atoms with Gasteiger partial charge in [0, 0.05) is 5.41 Å². The number of hydrogen-bond donors (Lipinski definition) is 0. The smallest absolute Gasteiger partial charge is 0.175 e. The highest BCUT2D eigenvalue weighted by atomic mass is 32.2. The maximum atomic E-state index is 13.2. The Hall–Kier alpha value is -0.0700. The normalized spacial score (nSPS) is 37.5. The maximum absolute atomic E-state index is 13.2. The van der Waals surface area contributed by atoms with Crippen molar-refractivity contribution in [2.24, 2.45) is 23.2 Å². The van der Waals surface area contributed by atoms with E-state index in [2.05, 4.69) is 17.1 Å². The summed E-state index contributed by atoms with van der Waals surface area (Å²) in [7, 11) is 0. The molecule has 0 saturated heterocycles. The zero-order valence-corrected chi connectivity index (χ0v) is 15.5. The molecule has 4 aliphatic rings. The van der Waals surface area contributed by atoms with Crippen molar-refractivity contribution >= 4 is 40.6 Å². The topological polar surface area (TPSA) is 42.9 Å². The molecule has 0 aliphatic heterocycles. The Morgan fingerprint density at radius 1 is 1.14 bits per heavy atom. The van der Waals surface area contributed by atoms with Crippen LogP contribution in [0.5, 0.6) is 0 Å². The van der Waals surface area contributed by atoms with Crippen LogP contribution in [0.2, 0.25) is 0 Å². The average molecular weight is 355 g/mol. The molecule has 0 aromatic carbocycles. The van der Waals surface area contributed by atoms with Gasteiger partial charge in [0.15, 0.2) is 14.5 Å². The van der Waals surface area contributed by atoms with E-state index >= 15 is 0 Å². The van der Waals surface area contributed by atoms with Crippen LogP contribution in [0.25, 0.3) is 0 Å². The Bertz CT molecular complexity index is 550. The van der Waals surface area contributed by atoms with Gasteiger partial charge in [-0.25, -0.2) is 0 Å². The van der Waals surface area contributed by atoms with Crippen molar-refractivity contribution < 1.29 is 4.79 Å². The SMILES string of the molecule is CSc1nnc(S[C@H](C)C(=O)C23CC4CC(CC(C4)C2)C3)s1. The number of hydrogen-bond acceptors (Lipinski definition) is 6. The molecule has 4 fully saturated rings. The first-order valence-corrected chi connectivity index (χ1v) is 11.1. The monoisotopic (exact) mass is 354 g/mol. The van der Waals surface area contributed by atoms with E-state index in [1.807, 2.05) is 6.26 Å². The molecule has 4 aliphatic carbocycles. The summed E-state index contributed by atoms with van der Waals surface area (Å²) in [5, 5.41) is 8.37. The first-order valence-electron chi connectivity index (χ1n) is 8.16. The van der Waals surface area contributed by atoms with Crippen LogP contribution < -0.4 is 0 Å². The third kappa shape index (κ3) is 2.65. The molecule has 22 heavy (non-hydrogen) atoms. The number of aromatic nitrogens is 2. The quantitative estimate of drug-likeness (QED) is 0.727. The number of Topliss-reactive ketones (excluding diaryl/α,β-unsaturated/α-hetero) is 1. The Labute approximate surface area is 144 Å². The number of rotatable bonds is 5.